The van der Waals surface area contributed by atoms with Gasteiger partial charge in [0.15, 0.2) is 0 Å². The van der Waals surface area contributed by atoms with Crippen LogP contribution in [0.5, 0.6) is 0 Å². The average molecular weight is 200 g/mol. The van der Waals surface area contributed by atoms with Gasteiger partial charge in [-0.1, -0.05) is 30.8 Å². The second-order valence-corrected chi connectivity index (χ2v) is 3.52. The summed E-state index contributed by atoms with van der Waals surface area (Å²) < 4.78 is 0. The topological polar surface area (TPSA) is 49.9 Å². The molecule has 0 aliphatic rings. The molecule has 15 heavy (non-hydrogen) atoms. The third kappa shape index (κ3) is 2.34. The van der Waals surface area contributed by atoms with Crippen LogP contribution in [0.1, 0.15) is 18.1 Å². The van der Waals surface area contributed by atoms with Crippen LogP contribution in [0.15, 0.2) is 42.1 Å². The summed E-state index contributed by atoms with van der Waals surface area (Å²) in [7, 11) is 0. The zero-order valence-electron chi connectivity index (χ0n) is 9.17. The molecule has 2 heteroatoms. The smallest absolute Gasteiger partial charge is 0.0277 e. The molecule has 0 radical (unpaired) electrons. The Hall–Kier alpha value is -1.83. The van der Waals surface area contributed by atoms with Gasteiger partial charge in [0, 0.05) is 17.5 Å². The Balaban J connectivity index is 3.38. The second-order valence-electron chi connectivity index (χ2n) is 3.52. The molecule has 3 N–H and O–H groups in total. The lowest BCUT2D eigenvalue weighted by Crippen LogP contribution is -2.01. The van der Waals surface area contributed by atoms with E-state index in [0.29, 0.717) is 5.70 Å². The van der Waals surface area contributed by atoms with Crippen LogP contribution in [0.3, 0.4) is 0 Å². The molecule has 0 bridgehead atoms. The third-order valence-electron chi connectivity index (χ3n) is 2.47. The molecule has 0 fully saturated rings. The van der Waals surface area contributed by atoms with Gasteiger partial charge in [0.05, 0.1) is 0 Å². The summed E-state index contributed by atoms with van der Waals surface area (Å²) in [5.74, 6) is 0. The van der Waals surface area contributed by atoms with E-state index in [1.807, 2.05) is 38.1 Å². The fraction of sp³-hybridized carbons (Fsp3) is 0.154. The molecule has 0 aliphatic carbocycles. The van der Waals surface area contributed by atoms with Gasteiger partial charge in [-0.05, 0) is 30.5 Å². The monoisotopic (exact) mass is 200 g/mol. The first kappa shape index (κ1) is 11.2. The van der Waals surface area contributed by atoms with Crippen LogP contribution in [-0.4, -0.2) is 6.21 Å². The number of hydrogen-bond acceptors (Lipinski definition) is 2. The molecule has 1 rings (SSSR count). The molecule has 1 aromatic carbocycles. The standard InChI is InChI=1S/C13H16N2/c1-9-6-4-5-7-12(9)13(8-14)10(2)11(3)15/h4-8,14H,3,15H2,1-2H3/b13-10-,14-8?. The number of aryl methyl sites for hydroxylation is 1. The first-order valence-corrected chi connectivity index (χ1v) is 4.80. The summed E-state index contributed by atoms with van der Waals surface area (Å²) in [5.41, 5.74) is 10.0. The fourth-order valence-corrected chi connectivity index (χ4v) is 1.44. The summed E-state index contributed by atoms with van der Waals surface area (Å²) in [6.07, 6.45) is 1.33. The van der Waals surface area contributed by atoms with E-state index in [0.717, 1.165) is 22.3 Å². The molecule has 0 aromatic heterocycles. The van der Waals surface area contributed by atoms with Gasteiger partial charge in [-0.25, -0.2) is 0 Å². The van der Waals surface area contributed by atoms with Gasteiger partial charge in [0.1, 0.15) is 0 Å². The molecule has 2 nitrogen and oxygen atoms in total. The minimum absolute atomic E-state index is 0.511. The average Bonchev–Trinajstić information content (AvgIpc) is 2.21. The van der Waals surface area contributed by atoms with Crippen LogP contribution in [0, 0.1) is 12.3 Å². The zero-order chi connectivity index (χ0) is 11.4. The summed E-state index contributed by atoms with van der Waals surface area (Å²) in [5, 5.41) is 7.44. The van der Waals surface area contributed by atoms with E-state index in [9.17, 15) is 0 Å². The fourth-order valence-electron chi connectivity index (χ4n) is 1.44. The first-order chi connectivity index (χ1) is 7.07. The first-order valence-electron chi connectivity index (χ1n) is 4.80. The second kappa shape index (κ2) is 4.60. The van der Waals surface area contributed by atoms with E-state index in [4.69, 9.17) is 11.1 Å². The number of allylic oxidation sites excluding steroid dienone is 2. The van der Waals surface area contributed by atoms with Gasteiger partial charge >= 0.3 is 0 Å². The van der Waals surface area contributed by atoms with Crippen molar-refractivity contribution in [1.29, 1.82) is 5.41 Å². The van der Waals surface area contributed by atoms with Crippen molar-refractivity contribution in [2.45, 2.75) is 13.8 Å². The lowest BCUT2D eigenvalue weighted by Gasteiger charge is -2.10. The number of benzene rings is 1. The van der Waals surface area contributed by atoms with E-state index in [2.05, 4.69) is 6.58 Å². The quantitative estimate of drug-likeness (QED) is 0.572. The van der Waals surface area contributed by atoms with Crippen LogP contribution in [0.2, 0.25) is 0 Å². The normalized spacial score (nSPS) is 11.9. The maximum atomic E-state index is 7.44. The minimum Gasteiger partial charge on any atom is -0.399 e. The van der Waals surface area contributed by atoms with Crippen molar-refractivity contribution in [3.8, 4) is 0 Å². The Kier molecular flexibility index (Phi) is 3.45. The number of rotatable bonds is 3. The van der Waals surface area contributed by atoms with Crippen LogP contribution in [0.4, 0.5) is 0 Å². The van der Waals surface area contributed by atoms with Crippen LogP contribution < -0.4 is 5.73 Å². The summed E-state index contributed by atoms with van der Waals surface area (Å²) >= 11 is 0. The molecule has 0 spiro atoms. The highest BCUT2D eigenvalue weighted by Crippen LogP contribution is 2.22. The Morgan fingerprint density at radius 3 is 2.47 bits per heavy atom. The van der Waals surface area contributed by atoms with Crippen molar-refractivity contribution in [2.75, 3.05) is 0 Å². The summed E-state index contributed by atoms with van der Waals surface area (Å²) in [6, 6.07) is 7.94. The van der Waals surface area contributed by atoms with Crippen molar-refractivity contribution in [2.24, 2.45) is 5.73 Å². The van der Waals surface area contributed by atoms with Gasteiger partial charge in [-0.3, -0.25) is 0 Å². The molecule has 0 saturated heterocycles. The van der Waals surface area contributed by atoms with E-state index in [1.165, 1.54) is 6.21 Å². The van der Waals surface area contributed by atoms with Gasteiger partial charge in [-0.15, -0.1) is 0 Å². The Bertz CT molecular complexity index is 428. The molecule has 78 valence electrons. The molecule has 0 saturated carbocycles. The number of nitrogens with one attached hydrogen (secondary N) is 1. The van der Waals surface area contributed by atoms with E-state index < -0.39 is 0 Å². The number of nitrogens with two attached hydrogens (primary N) is 1. The Labute approximate surface area is 90.6 Å². The highest BCUT2D eigenvalue weighted by Gasteiger charge is 2.06. The van der Waals surface area contributed by atoms with Gasteiger partial charge in [0.25, 0.3) is 0 Å². The van der Waals surface area contributed by atoms with Gasteiger partial charge in [-0.2, -0.15) is 0 Å². The molecule has 0 atom stereocenters. The molecular formula is C13H16N2. The van der Waals surface area contributed by atoms with Crippen LogP contribution in [-0.2, 0) is 0 Å². The molecule has 1 aromatic rings. The number of hydrogen-bond donors (Lipinski definition) is 2. The zero-order valence-corrected chi connectivity index (χ0v) is 9.17. The van der Waals surface area contributed by atoms with Crippen molar-refractivity contribution < 1.29 is 0 Å². The van der Waals surface area contributed by atoms with E-state index >= 15 is 0 Å². The molecule has 0 aliphatic heterocycles. The predicted octanol–water partition coefficient (Wildman–Crippen LogP) is 2.89. The highest BCUT2D eigenvalue weighted by molar-refractivity contribution is 6.10. The van der Waals surface area contributed by atoms with E-state index in [-0.39, 0.29) is 0 Å². The van der Waals surface area contributed by atoms with Crippen molar-refractivity contribution in [3.05, 3.63) is 53.2 Å². The van der Waals surface area contributed by atoms with Crippen LogP contribution in [0.25, 0.3) is 5.57 Å². The predicted molar refractivity (Wildman–Crippen MR) is 65.9 cm³/mol. The summed E-state index contributed by atoms with van der Waals surface area (Å²) in [4.78, 5) is 0. The van der Waals surface area contributed by atoms with Crippen molar-refractivity contribution >= 4 is 11.8 Å². The lowest BCUT2D eigenvalue weighted by molar-refractivity contribution is 1.31. The molecule has 0 amide bonds. The van der Waals surface area contributed by atoms with Crippen molar-refractivity contribution in [3.63, 3.8) is 0 Å². The summed E-state index contributed by atoms with van der Waals surface area (Å²) in [6.45, 7) is 7.60. The van der Waals surface area contributed by atoms with E-state index in [1.54, 1.807) is 0 Å². The van der Waals surface area contributed by atoms with Gasteiger partial charge in [0.2, 0.25) is 0 Å². The molecule has 0 unspecified atom stereocenters. The lowest BCUT2D eigenvalue weighted by atomic mass is 9.96. The maximum absolute atomic E-state index is 7.44. The van der Waals surface area contributed by atoms with Gasteiger partial charge < -0.3 is 11.1 Å². The SMILES string of the molecule is C=C(N)/C(C)=C(/C=N)c1ccccc1C. The largest absolute Gasteiger partial charge is 0.399 e. The highest BCUT2D eigenvalue weighted by atomic mass is 14.6. The Morgan fingerprint density at radius 1 is 1.40 bits per heavy atom. The maximum Gasteiger partial charge on any atom is 0.0277 e. The van der Waals surface area contributed by atoms with Crippen LogP contribution >= 0.6 is 0 Å². The van der Waals surface area contributed by atoms with Crippen molar-refractivity contribution in [1.82, 2.24) is 0 Å². The molecular weight excluding hydrogens is 184 g/mol. The minimum atomic E-state index is 0.511. The molecule has 0 heterocycles. The Morgan fingerprint density at radius 2 is 2.00 bits per heavy atom. The third-order valence-corrected chi connectivity index (χ3v) is 2.47.